The Bertz CT molecular complexity index is 655. The lowest BCUT2D eigenvalue weighted by molar-refractivity contribution is 0.603. The van der Waals surface area contributed by atoms with Gasteiger partial charge in [0.25, 0.3) is 0 Å². The van der Waals surface area contributed by atoms with Gasteiger partial charge < -0.3 is 10.6 Å². The summed E-state index contributed by atoms with van der Waals surface area (Å²) in [4.78, 5) is 2.23. The number of hydrogen-bond donors (Lipinski definition) is 1. The Morgan fingerprint density at radius 1 is 1.19 bits per heavy atom. The van der Waals surface area contributed by atoms with E-state index in [0.29, 0.717) is 17.7 Å². The van der Waals surface area contributed by atoms with Crippen LogP contribution < -0.4 is 10.6 Å². The number of para-hydroxylation sites is 1. The molecule has 0 aliphatic carbocycles. The lowest BCUT2D eigenvalue weighted by Crippen LogP contribution is -2.24. The first-order chi connectivity index (χ1) is 10.0. The van der Waals surface area contributed by atoms with Crippen LogP contribution in [0.3, 0.4) is 0 Å². The summed E-state index contributed by atoms with van der Waals surface area (Å²) in [6.07, 6.45) is 0. The van der Waals surface area contributed by atoms with Gasteiger partial charge in [-0.3, -0.25) is 0 Å². The molecule has 0 spiro atoms. The lowest BCUT2D eigenvalue weighted by Gasteiger charge is -2.25. The van der Waals surface area contributed by atoms with Gasteiger partial charge >= 0.3 is 0 Å². The summed E-state index contributed by atoms with van der Waals surface area (Å²) in [5.41, 5.74) is 8.75. The molecule has 0 aromatic heterocycles. The molecule has 0 bridgehead atoms. The lowest BCUT2D eigenvalue weighted by atomic mass is 10.1. The summed E-state index contributed by atoms with van der Waals surface area (Å²) in [6.45, 7) is 5.40. The fourth-order valence-corrected chi connectivity index (χ4v) is 2.54. The van der Waals surface area contributed by atoms with Gasteiger partial charge in [0.2, 0.25) is 0 Å². The third kappa shape index (κ3) is 3.39. The van der Waals surface area contributed by atoms with Gasteiger partial charge in [-0.2, -0.15) is 0 Å². The first-order valence-electron chi connectivity index (χ1n) is 6.92. The molecule has 0 amide bonds. The Balaban J connectivity index is 2.34. The molecule has 2 N–H and O–H groups in total. The van der Waals surface area contributed by atoms with Crippen molar-refractivity contribution in [2.45, 2.75) is 20.4 Å². The van der Waals surface area contributed by atoms with E-state index in [9.17, 15) is 4.39 Å². The van der Waals surface area contributed by atoms with Crippen LogP contribution >= 0.6 is 12.2 Å². The topological polar surface area (TPSA) is 29.3 Å². The quantitative estimate of drug-likeness (QED) is 0.852. The molecule has 0 aliphatic rings. The number of rotatable bonds is 5. The van der Waals surface area contributed by atoms with Crippen LogP contribution in [-0.4, -0.2) is 11.5 Å². The smallest absolute Gasteiger partial charge is 0.138 e. The van der Waals surface area contributed by atoms with Gasteiger partial charge in [0.15, 0.2) is 0 Å². The SMILES string of the molecule is CCN(Cc1cccc(C(N)=S)c1F)c1ccccc1C. The summed E-state index contributed by atoms with van der Waals surface area (Å²) < 4.78 is 14.4. The molecule has 0 radical (unpaired) electrons. The third-order valence-electron chi connectivity index (χ3n) is 3.54. The van der Waals surface area contributed by atoms with Crippen LogP contribution in [0.25, 0.3) is 0 Å². The second-order valence-corrected chi connectivity index (χ2v) is 5.38. The van der Waals surface area contributed by atoms with Crippen LogP contribution in [0.5, 0.6) is 0 Å². The molecule has 0 saturated carbocycles. The van der Waals surface area contributed by atoms with E-state index in [1.165, 1.54) is 5.56 Å². The van der Waals surface area contributed by atoms with Crippen molar-refractivity contribution < 1.29 is 4.39 Å². The highest BCUT2D eigenvalue weighted by Crippen LogP contribution is 2.23. The van der Waals surface area contributed by atoms with E-state index in [-0.39, 0.29) is 10.8 Å². The highest BCUT2D eigenvalue weighted by Gasteiger charge is 2.14. The normalized spacial score (nSPS) is 10.4. The summed E-state index contributed by atoms with van der Waals surface area (Å²) in [6, 6.07) is 13.3. The molecule has 0 saturated heterocycles. The number of halogens is 1. The predicted molar refractivity (Wildman–Crippen MR) is 90.2 cm³/mol. The van der Waals surface area contributed by atoms with Crippen LogP contribution in [0, 0.1) is 12.7 Å². The van der Waals surface area contributed by atoms with Crippen molar-refractivity contribution in [1.82, 2.24) is 0 Å². The highest BCUT2D eigenvalue weighted by molar-refractivity contribution is 7.80. The van der Waals surface area contributed by atoms with Gasteiger partial charge in [0.05, 0.1) is 0 Å². The molecular weight excluding hydrogens is 283 g/mol. The summed E-state index contributed by atoms with van der Waals surface area (Å²) in [7, 11) is 0. The molecule has 2 rings (SSSR count). The van der Waals surface area contributed by atoms with E-state index in [1.54, 1.807) is 18.2 Å². The monoisotopic (exact) mass is 302 g/mol. The number of anilines is 1. The molecule has 110 valence electrons. The molecule has 0 unspecified atom stereocenters. The highest BCUT2D eigenvalue weighted by atomic mass is 32.1. The minimum atomic E-state index is -0.322. The standard InChI is InChI=1S/C17H19FN2S/c1-3-20(15-10-5-4-7-12(15)2)11-13-8-6-9-14(16(13)18)17(19)21/h4-10H,3,11H2,1-2H3,(H2,19,21). The van der Waals surface area contributed by atoms with E-state index in [0.717, 1.165) is 12.2 Å². The van der Waals surface area contributed by atoms with Crippen molar-refractivity contribution in [3.8, 4) is 0 Å². The van der Waals surface area contributed by atoms with E-state index in [4.69, 9.17) is 18.0 Å². The zero-order chi connectivity index (χ0) is 15.4. The summed E-state index contributed by atoms with van der Waals surface area (Å²) >= 11 is 4.89. The van der Waals surface area contributed by atoms with Gasteiger partial charge in [-0.05, 0) is 31.5 Å². The molecule has 2 aromatic rings. The molecule has 2 aromatic carbocycles. The summed E-state index contributed by atoms with van der Waals surface area (Å²) in [5, 5.41) is 0. The van der Waals surface area contributed by atoms with Crippen molar-refractivity contribution in [3.63, 3.8) is 0 Å². The Hall–Kier alpha value is -1.94. The molecule has 21 heavy (non-hydrogen) atoms. The maximum atomic E-state index is 14.4. The second kappa shape index (κ2) is 6.68. The van der Waals surface area contributed by atoms with E-state index in [1.807, 2.05) is 18.2 Å². The third-order valence-corrected chi connectivity index (χ3v) is 3.76. The largest absolute Gasteiger partial charge is 0.389 e. The van der Waals surface area contributed by atoms with Crippen molar-refractivity contribution in [1.29, 1.82) is 0 Å². The number of benzene rings is 2. The van der Waals surface area contributed by atoms with Crippen LogP contribution in [0.1, 0.15) is 23.6 Å². The molecule has 0 atom stereocenters. The molecule has 0 heterocycles. The van der Waals surface area contributed by atoms with Crippen LogP contribution in [-0.2, 0) is 6.54 Å². The Morgan fingerprint density at radius 2 is 1.90 bits per heavy atom. The van der Waals surface area contributed by atoms with Gasteiger partial charge in [0.1, 0.15) is 10.8 Å². The first kappa shape index (κ1) is 15.4. The number of nitrogens with two attached hydrogens (primary N) is 1. The minimum Gasteiger partial charge on any atom is -0.389 e. The Morgan fingerprint density at radius 3 is 2.52 bits per heavy atom. The average Bonchev–Trinajstić information content (AvgIpc) is 2.47. The zero-order valence-electron chi connectivity index (χ0n) is 12.3. The molecule has 0 fully saturated rings. The predicted octanol–water partition coefficient (Wildman–Crippen LogP) is 3.79. The number of aryl methyl sites for hydroxylation is 1. The number of hydrogen-bond acceptors (Lipinski definition) is 2. The maximum absolute atomic E-state index is 14.4. The zero-order valence-corrected chi connectivity index (χ0v) is 13.1. The van der Waals surface area contributed by atoms with Crippen molar-refractivity contribution >= 4 is 22.9 Å². The van der Waals surface area contributed by atoms with Crippen molar-refractivity contribution in [3.05, 3.63) is 65.0 Å². The van der Waals surface area contributed by atoms with Crippen molar-refractivity contribution in [2.75, 3.05) is 11.4 Å². The van der Waals surface area contributed by atoms with Crippen molar-refractivity contribution in [2.24, 2.45) is 5.73 Å². The van der Waals surface area contributed by atoms with Gasteiger partial charge in [-0.15, -0.1) is 0 Å². The van der Waals surface area contributed by atoms with E-state index in [2.05, 4.69) is 24.8 Å². The van der Waals surface area contributed by atoms with Crippen LogP contribution in [0.15, 0.2) is 42.5 Å². The maximum Gasteiger partial charge on any atom is 0.138 e. The van der Waals surface area contributed by atoms with Gasteiger partial charge in [0, 0.05) is 29.9 Å². The number of nitrogens with zero attached hydrogens (tertiary/aromatic N) is 1. The van der Waals surface area contributed by atoms with Crippen LogP contribution in [0.4, 0.5) is 10.1 Å². The van der Waals surface area contributed by atoms with E-state index >= 15 is 0 Å². The Labute approximate surface area is 130 Å². The van der Waals surface area contributed by atoms with Gasteiger partial charge in [-0.1, -0.05) is 42.5 Å². The van der Waals surface area contributed by atoms with Crippen LogP contribution in [0.2, 0.25) is 0 Å². The fourth-order valence-electron chi connectivity index (χ4n) is 2.38. The first-order valence-corrected chi connectivity index (χ1v) is 7.33. The fraction of sp³-hybridized carbons (Fsp3) is 0.235. The van der Waals surface area contributed by atoms with E-state index < -0.39 is 0 Å². The second-order valence-electron chi connectivity index (χ2n) is 4.94. The minimum absolute atomic E-state index is 0.0910. The molecule has 0 aliphatic heterocycles. The molecular formula is C17H19FN2S. The Kier molecular flexibility index (Phi) is 4.91. The molecule has 2 nitrogen and oxygen atoms in total. The average molecular weight is 302 g/mol. The number of thiocarbonyl (C=S) groups is 1. The van der Waals surface area contributed by atoms with Gasteiger partial charge in [-0.25, -0.2) is 4.39 Å². The summed E-state index contributed by atoms with van der Waals surface area (Å²) in [5.74, 6) is -0.322. The molecule has 4 heteroatoms.